The average Bonchev–Trinajstić information content (AvgIpc) is 2.27. The third-order valence-electron chi connectivity index (χ3n) is 2.29. The van der Waals surface area contributed by atoms with Gasteiger partial charge in [0.05, 0.1) is 0 Å². The molecule has 3 nitrogen and oxygen atoms in total. The first-order chi connectivity index (χ1) is 8.13. The largest absolute Gasteiger partial charge is 0.508 e. The van der Waals surface area contributed by atoms with Gasteiger partial charge in [-0.2, -0.15) is 0 Å². The summed E-state index contributed by atoms with van der Waals surface area (Å²) >= 11 is 0. The van der Waals surface area contributed by atoms with Crippen molar-refractivity contribution in [1.82, 2.24) is 0 Å². The van der Waals surface area contributed by atoms with E-state index in [1.807, 2.05) is 6.08 Å². The van der Waals surface area contributed by atoms with Gasteiger partial charge in [-0.05, 0) is 35.4 Å². The Morgan fingerprint density at radius 2 is 1.11 bits per heavy atom. The fourth-order valence-corrected chi connectivity index (χ4v) is 1.49. The van der Waals surface area contributed by atoms with Gasteiger partial charge in [-0.3, -0.25) is 0 Å². The number of rotatable bonds is 2. The standard InChI is InChI=1S/C14H12O3.Fe/c15-12-5-3-10(4-6-12)1-2-11-7-13(16)9-14(17)8-11;/h1-9,15-17H;. The van der Waals surface area contributed by atoms with Gasteiger partial charge in [-0.15, -0.1) is 0 Å². The third kappa shape index (κ3) is 3.84. The van der Waals surface area contributed by atoms with Crippen LogP contribution in [0.4, 0.5) is 0 Å². The predicted octanol–water partition coefficient (Wildman–Crippen LogP) is 2.97. The van der Waals surface area contributed by atoms with Gasteiger partial charge < -0.3 is 15.3 Å². The minimum absolute atomic E-state index is 0. The van der Waals surface area contributed by atoms with E-state index in [-0.39, 0.29) is 34.3 Å². The predicted molar refractivity (Wildman–Crippen MR) is 66.8 cm³/mol. The Bertz CT molecular complexity index is 527. The summed E-state index contributed by atoms with van der Waals surface area (Å²) in [4.78, 5) is 0. The number of hydrogen-bond donors (Lipinski definition) is 3. The van der Waals surface area contributed by atoms with Crippen LogP contribution in [0.5, 0.6) is 17.2 Å². The first-order valence-corrected chi connectivity index (χ1v) is 5.13. The molecule has 0 saturated heterocycles. The second kappa shape index (κ2) is 6.15. The normalized spacial score (nSPS) is 10.2. The van der Waals surface area contributed by atoms with E-state index in [0.717, 1.165) is 5.56 Å². The first-order valence-electron chi connectivity index (χ1n) is 5.13. The van der Waals surface area contributed by atoms with Crippen LogP contribution in [0, 0.1) is 0 Å². The van der Waals surface area contributed by atoms with Crippen LogP contribution < -0.4 is 0 Å². The monoisotopic (exact) mass is 284 g/mol. The van der Waals surface area contributed by atoms with Crippen LogP contribution in [0.25, 0.3) is 12.2 Å². The zero-order chi connectivity index (χ0) is 12.3. The summed E-state index contributed by atoms with van der Waals surface area (Å²) in [6.45, 7) is 0. The van der Waals surface area contributed by atoms with Gasteiger partial charge in [0.25, 0.3) is 0 Å². The van der Waals surface area contributed by atoms with E-state index < -0.39 is 0 Å². The van der Waals surface area contributed by atoms with Crippen molar-refractivity contribution in [3.8, 4) is 17.2 Å². The molecule has 2 aromatic rings. The SMILES string of the molecule is Oc1ccc(C=Cc2cc(O)cc(O)c2)cc1.[Fe]. The van der Waals surface area contributed by atoms with E-state index >= 15 is 0 Å². The van der Waals surface area contributed by atoms with E-state index in [2.05, 4.69) is 0 Å². The van der Waals surface area contributed by atoms with Crippen molar-refractivity contribution >= 4 is 12.2 Å². The minimum Gasteiger partial charge on any atom is -0.508 e. The maximum atomic E-state index is 9.30. The van der Waals surface area contributed by atoms with Crippen LogP contribution >= 0.6 is 0 Å². The van der Waals surface area contributed by atoms with Gasteiger partial charge in [0.15, 0.2) is 0 Å². The van der Waals surface area contributed by atoms with Gasteiger partial charge >= 0.3 is 0 Å². The molecule has 0 spiro atoms. The van der Waals surface area contributed by atoms with Crippen LogP contribution in [0.1, 0.15) is 11.1 Å². The molecular formula is C14H12FeO3. The molecule has 0 saturated carbocycles. The molecule has 0 aliphatic rings. The van der Waals surface area contributed by atoms with Crippen molar-refractivity contribution in [2.75, 3.05) is 0 Å². The molecule has 94 valence electrons. The fraction of sp³-hybridized carbons (Fsp3) is 0. The van der Waals surface area contributed by atoms with Crippen LogP contribution in [0.2, 0.25) is 0 Å². The molecule has 0 unspecified atom stereocenters. The molecule has 0 atom stereocenters. The molecule has 0 aromatic heterocycles. The second-order valence-electron chi connectivity index (χ2n) is 3.71. The average molecular weight is 284 g/mol. The number of phenolic OH excluding ortho intramolecular Hbond substituents is 3. The Morgan fingerprint density at radius 1 is 0.611 bits per heavy atom. The Morgan fingerprint density at radius 3 is 1.67 bits per heavy atom. The van der Waals surface area contributed by atoms with Gasteiger partial charge in [0.2, 0.25) is 0 Å². The van der Waals surface area contributed by atoms with Gasteiger partial charge in [-0.1, -0.05) is 24.3 Å². The number of aromatic hydroxyl groups is 3. The molecule has 0 amide bonds. The van der Waals surface area contributed by atoms with Gasteiger partial charge in [0, 0.05) is 23.1 Å². The molecule has 0 heterocycles. The van der Waals surface area contributed by atoms with Crippen molar-refractivity contribution in [3.05, 3.63) is 53.6 Å². The summed E-state index contributed by atoms with van der Waals surface area (Å²) in [5.41, 5.74) is 1.63. The number of benzene rings is 2. The quantitative estimate of drug-likeness (QED) is 0.587. The Labute approximate surface area is 116 Å². The smallest absolute Gasteiger partial charge is 0.119 e. The van der Waals surface area contributed by atoms with Gasteiger partial charge in [-0.25, -0.2) is 0 Å². The third-order valence-corrected chi connectivity index (χ3v) is 2.29. The van der Waals surface area contributed by atoms with Crippen molar-refractivity contribution in [1.29, 1.82) is 0 Å². The maximum absolute atomic E-state index is 9.30. The summed E-state index contributed by atoms with van der Waals surface area (Å²) in [5.74, 6) is 0.267. The Balaban J connectivity index is 0.00000162. The molecule has 3 N–H and O–H groups in total. The molecule has 2 aromatic carbocycles. The summed E-state index contributed by atoms with van der Waals surface area (Å²) in [5, 5.41) is 27.7. The van der Waals surface area contributed by atoms with Crippen LogP contribution in [0.3, 0.4) is 0 Å². The van der Waals surface area contributed by atoms with Crippen LogP contribution in [0.15, 0.2) is 42.5 Å². The molecule has 0 bridgehead atoms. The van der Waals surface area contributed by atoms with Crippen molar-refractivity contribution < 1.29 is 32.4 Å². The molecule has 18 heavy (non-hydrogen) atoms. The van der Waals surface area contributed by atoms with Crippen LogP contribution in [-0.2, 0) is 17.1 Å². The molecular weight excluding hydrogens is 272 g/mol. The van der Waals surface area contributed by atoms with E-state index in [9.17, 15) is 10.2 Å². The summed E-state index contributed by atoms with van der Waals surface area (Å²) in [6.07, 6.45) is 3.60. The summed E-state index contributed by atoms with van der Waals surface area (Å²) in [7, 11) is 0. The first kappa shape index (κ1) is 14.2. The van der Waals surface area contributed by atoms with E-state index in [1.54, 1.807) is 42.5 Å². The van der Waals surface area contributed by atoms with Crippen LogP contribution in [-0.4, -0.2) is 15.3 Å². The molecule has 0 aliphatic heterocycles. The number of hydrogen-bond acceptors (Lipinski definition) is 3. The van der Waals surface area contributed by atoms with Crippen molar-refractivity contribution in [2.24, 2.45) is 0 Å². The molecule has 0 fully saturated rings. The van der Waals surface area contributed by atoms with E-state index in [0.29, 0.717) is 5.56 Å². The summed E-state index contributed by atoms with van der Waals surface area (Å²) < 4.78 is 0. The topological polar surface area (TPSA) is 60.7 Å². The van der Waals surface area contributed by atoms with E-state index in [4.69, 9.17) is 5.11 Å². The number of phenols is 3. The Kier molecular flexibility index (Phi) is 4.84. The molecule has 4 heteroatoms. The molecule has 0 radical (unpaired) electrons. The van der Waals surface area contributed by atoms with Gasteiger partial charge in [0.1, 0.15) is 17.2 Å². The second-order valence-corrected chi connectivity index (χ2v) is 3.71. The molecule has 0 aliphatic carbocycles. The maximum Gasteiger partial charge on any atom is 0.119 e. The molecule has 2 rings (SSSR count). The zero-order valence-electron chi connectivity index (χ0n) is 9.39. The minimum atomic E-state index is 0. The fourth-order valence-electron chi connectivity index (χ4n) is 1.49. The van der Waals surface area contributed by atoms with E-state index in [1.165, 1.54) is 6.07 Å². The van der Waals surface area contributed by atoms with Crippen molar-refractivity contribution in [2.45, 2.75) is 0 Å². The summed E-state index contributed by atoms with van der Waals surface area (Å²) in [6, 6.07) is 11.1. The zero-order valence-corrected chi connectivity index (χ0v) is 10.5. The Hall–Kier alpha value is -1.90. The van der Waals surface area contributed by atoms with Crippen molar-refractivity contribution in [3.63, 3.8) is 0 Å².